The molecule has 0 radical (unpaired) electrons. The van der Waals surface area contributed by atoms with Crippen molar-refractivity contribution in [3.8, 4) is 0 Å². The van der Waals surface area contributed by atoms with Crippen molar-refractivity contribution >= 4 is 8.60 Å². The van der Waals surface area contributed by atoms with Crippen molar-refractivity contribution in [2.24, 2.45) is 0 Å². The molecular formula is C8H17O3P. The summed E-state index contributed by atoms with van der Waals surface area (Å²) < 4.78 is 15.8. The zero-order chi connectivity index (χ0) is 9.40. The fraction of sp³-hybridized carbons (Fsp3) is 0.750. The molecule has 0 rings (SSSR count). The van der Waals surface area contributed by atoms with Gasteiger partial charge in [-0.3, -0.25) is 0 Å². The summed E-state index contributed by atoms with van der Waals surface area (Å²) in [5.74, 6) is 0. The van der Waals surface area contributed by atoms with Gasteiger partial charge in [-0.1, -0.05) is 6.08 Å². The number of hydrogen-bond donors (Lipinski definition) is 0. The van der Waals surface area contributed by atoms with Crippen molar-refractivity contribution in [2.45, 2.75) is 26.9 Å². The molecule has 0 N–H and O–H groups in total. The molecule has 0 spiro atoms. The fourth-order valence-electron chi connectivity index (χ4n) is 0.488. The Bertz CT molecular complexity index is 113. The van der Waals surface area contributed by atoms with E-state index < -0.39 is 8.60 Å². The molecule has 0 aromatic rings. The fourth-order valence-corrected chi connectivity index (χ4v) is 1.46. The maximum Gasteiger partial charge on any atom is 0.333 e. The van der Waals surface area contributed by atoms with Gasteiger partial charge in [-0.25, -0.2) is 0 Å². The van der Waals surface area contributed by atoms with E-state index in [1.807, 2.05) is 20.8 Å². The Balaban J connectivity index is 3.68. The molecule has 72 valence electrons. The van der Waals surface area contributed by atoms with Crippen LogP contribution in [-0.2, 0) is 13.6 Å². The Kier molecular flexibility index (Phi) is 7.72. The standard InChI is InChI=1S/C8H17O3P/c1-5-8(4)11-12(9-6-2)10-7-3/h5,8H,1,6-7H2,2-4H3/t8-/m0/s1. The van der Waals surface area contributed by atoms with E-state index in [9.17, 15) is 0 Å². The second kappa shape index (κ2) is 7.69. The molecule has 0 aliphatic rings. The van der Waals surface area contributed by atoms with Gasteiger partial charge in [0.05, 0.1) is 19.3 Å². The van der Waals surface area contributed by atoms with E-state index in [0.717, 1.165) is 0 Å². The van der Waals surface area contributed by atoms with Crippen molar-refractivity contribution in [3.63, 3.8) is 0 Å². The third-order valence-corrected chi connectivity index (χ3v) is 2.50. The van der Waals surface area contributed by atoms with Crippen molar-refractivity contribution < 1.29 is 13.6 Å². The van der Waals surface area contributed by atoms with Gasteiger partial charge in [0.25, 0.3) is 0 Å². The largest absolute Gasteiger partial charge is 0.333 e. The molecule has 12 heavy (non-hydrogen) atoms. The summed E-state index contributed by atoms with van der Waals surface area (Å²) in [5.41, 5.74) is 0. The Labute approximate surface area is 75.7 Å². The van der Waals surface area contributed by atoms with Gasteiger partial charge >= 0.3 is 8.60 Å². The van der Waals surface area contributed by atoms with Gasteiger partial charge in [0.15, 0.2) is 0 Å². The summed E-state index contributed by atoms with van der Waals surface area (Å²) in [6.45, 7) is 10.6. The molecule has 0 unspecified atom stereocenters. The van der Waals surface area contributed by atoms with Crippen LogP contribution in [0.15, 0.2) is 12.7 Å². The minimum atomic E-state index is -1.18. The van der Waals surface area contributed by atoms with Gasteiger partial charge in [0.2, 0.25) is 0 Å². The first kappa shape index (κ1) is 12.0. The Hall–Kier alpha value is 0.0500. The van der Waals surface area contributed by atoms with E-state index in [1.54, 1.807) is 6.08 Å². The molecule has 1 atom stereocenters. The van der Waals surface area contributed by atoms with Crippen LogP contribution >= 0.6 is 8.60 Å². The normalized spacial score (nSPS) is 13.3. The summed E-state index contributed by atoms with van der Waals surface area (Å²) in [6.07, 6.45) is 1.70. The molecule has 4 heteroatoms. The highest BCUT2D eigenvalue weighted by Crippen LogP contribution is 2.40. The van der Waals surface area contributed by atoms with Crippen LogP contribution in [-0.4, -0.2) is 19.3 Å². The van der Waals surface area contributed by atoms with Gasteiger partial charge in [-0.2, -0.15) is 0 Å². The lowest BCUT2D eigenvalue weighted by Gasteiger charge is -2.17. The van der Waals surface area contributed by atoms with Crippen LogP contribution in [0, 0.1) is 0 Å². The molecule has 0 aromatic heterocycles. The Morgan fingerprint density at radius 3 is 2.17 bits per heavy atom. The van der Waals surface area contributed by atoms with Gasteiger partial charge in [-0.15, -0.1) is 6.58 Å². The maximum atomic E-state index is 5.38. The SMILES string of the molecule is C=C[C@H](C)OP(OCC)OCC. The molecule has 0 saturated heterocycles. The topological polar surface area (TPSA) is 27.7 Å². The molecule has 3 nitrogen and oxygen atoms in total. The van der Waals surface area contributed by atoms with Crippen LogP contribution in [0.1, 0.15) is 20.8 Å². The highest BCUT2D eigenvalue weighted by atomic mass is 31.2. The summed E-state index contributed by atoms with van der Waals surface area (Å²) in [4.78, 5) is 0. The zero-order valence-corrected chi connectivity index (χ0v) is 8.84. The Morgan fingerprint density at radius 2 is 1.83 bits per heavy atom. The minimum Gasteiger partial charge on any atom is -0.313 e. The third-order valence-electron chi connectivity index (χ3n) is 1.05. The lowest BCUT2D eigenvalue weighted by atomic mass is 10.4. The van der Waals surface area contributed by atoms with Crippen LogP contribution in [0.3, 0.4) is 0 Å². The monoisotopic (exact) mass is 192 g/mol. The zero-order valence-electron chi connectivity index (χ0n) is 7.95. The van der Waals surface area contributed by atoms with E-state index in [-0.39, 0.29) is 6.10 Å². The molecule has 0 fully saturated rings. The highest BCUT2D eigenvalue weighted by molar-refractivity contribution is 7.41. The summed E-state index contributed by atoms with van der Waals surface area (Å²) >= 11 is 0. The van der Waals surface area contributed by atoms with Crippen LogP contribution < -0.4 is 0 Å². The van der Waals surface area contributed by atoms with Crippen molar-refractivity contribution in [1.29, 1.82) is 0 Å². The van der Waals surface area contributed by atoms with Gasteiger partial charge in [-0.05, 0) is 20.8 Å². The average Bonchev–Trinajstić information content (AvgIpc) is 2.05. The van der Waals surface area contributed by atoms with Crippen LogP contribution in [0.4, 0.5) is 0 Å². The molecule has 0 bridgehead atoms. The third kappa shape index (κ3) is 5.67. The molecule has 0 saturated carbocycles. The summed E-state index contributed by atoms with van der Waals surface area (Å²) in [7, 11) is -1.18. The number of hydrogen-bond acceptors (Lipinski definition) is 3. The molecule has 0 aromatic carbocycles. The number of rotatable bonds is 7. The van der Waals surface area contributed by atoms with Gasteiger partial charge in [0.1, 0.15) is 0 Å². The van der Waals surface area contributed by atoms with E-state index in [0.29, 0.717) is 13.2 Å². The first-order valence-electron chi connectivity index (χ1n) is 4.09. The van der Waals surface area contributed by atoms with Gasteiger partial charge < -0.3 is 13.6 Å². The predicted octanol–water partition coefficient (Wildman–Crippen LogP) is 2.88. The molecule has 0 aliphatic carbocycles. The van der Waals surface area contributed by atoms with Crippen LogP contribution in [0.25, 0.3) is 0 Å². The average molecular weight is 192 g/mol. The van der Waals surface area contributed by atoms with Crippen molar-refractivity contribution in [3.05, 3.63) is 12.7 Å². The van der Waals surface area contributed by atoms with Crippen LogP contribution in [0.5, 0.6) is 0 Å². The highest BCUT2D eigenvalue weighted by Gasteiger charge is 2.12. The molecule has 0 heterocycles. The van der Waals surface area contributed by atoms with Crippen molar-refractivity contribution in [1.82, 2.24) is 0 Å². The maximum absolute atomic E-state index is 5.38. The predicted molar refractivity (Wildman–Crippen MR) is 50.9 cm³/mol. The van der Waals surface area contributed by atoms with E-state index in [2.05, 4.69) is 6.58 Å². The lowest BCUT2D eigenvalue weighted by Crippen LogP contribution is -2.03. The van der Waals surface area contributed by atoms with Crippen LogP contribution in [0.2, 0.25) is 0 Å². The first-order chi connectivity index (χ1) is 5.74. The molecule has 0 aliphatic heterocycles. The van der Waals surface area contributed by atoms with E-state index in [1.165, 1.54) is 0 Å². The van der Waals surface area contributed by atoms with Gasteiger partial charge in [0, 0.05) is 0 Å². The molecule has 0 amide bonds. The summed E-state index contributed by atoms with van der Waals surface area (Å²) in [5, 5.41) is 0. The second-order valence-corrected chi connectivity index (χ2v) is 3.28. The van der Waals surface area contributed by atoms with E-state index in [4.69, 9.17) is 13.6 Å². The second-order valence-electron chi connectivity index (χ2n) is 2.11. The molecular weight excluding hydrogens is 175 g/mol. The lowest BCUT2D eigenvalue weighted by molar-refractivity contribution is 0.152. The minimum absolute atomic E-state index is 0.0192. The Morgan fingerprint density at radius 1 is 1.33 bits per heavy atom. The van der Waals surface area contributed by atoms with E-state index >= 15 is 0 Å². The quantitative estimate of drug-likeness (QED) is 0.458. The first-order valence-corrected chi connectivity index (χ1v) is 5.19. The van der Waals surface area contributed by atoms with Crippen molar-refractivity contribution in [2.75, 3.05) is 13.2 Å². The smallest absolute Gasteiger partial charge is 0.313 e. The summed E-state index contributed by atoms with van der Waals surface area (Å²) in [6, 6.07) is 0.